The summed E-state index contributed by atoms with van der Waals surface area (Å²) in [5.41, 5.74) is 0. The summed E-state index contributed by atoms with van der Waals surface area (Å²) < 4.78 is 9.95. The summed E-state index contributed by atoms with van der Waals surface area (Å²) in [4.78, 5) is 0. The predicted molar refractivity (Wildman–Crippen MR) is 39.4 cm³/mol. The second-order valence-corrected chi connectivity index (χ2v) is 2.82. The molecule has 0 bridgehead atoms. The molecule has 1 aliphatic rings. The van der Waals surface area contributed by atoms with E-state index in [2.05, 4.69) is 0 Å². The summed E-state index contributed by atoms with van der Waals surface area (Å²) in [6.07, 6.45) is -2.13. The third kappa shape index (κ3) is 2.40. The van der Waals surface area contributed by atoms with Gasteiger partial charge >= 0.3 is 0 Å². The fraction of sp³-hybridized carbons (Fsp3) is 1.00. The molecule has 5 nitrogen and oxygen atoms in total. The Labute approximate surface area is 70.5 Å². The monoisotopic (exact) mass is 178 g/mol. The van der Waals surface area contributed by atoms with Crippen molar-refractivity contribution in [2.75, 3.05) is 13.2 Å². The Morgan fingerprint density at radius 1 is 1.50 bits per heavy atom. The van der Waals surface area contributed by atoms with Crippen LogP contribution in [0.25, 0.3) is 0 Å². The molecule has 72 valence electrons. The Hall–Kier alpha value is -0.200. The highest BCUT2D eigenvalue weighted by Gasteiger charge is 2.41. The van der Waals surface area contributed by atoms with Crippen LogP contribution >= 0.6 is 0 Å². The molecule has 0 amide bonds. The maximum absolute atomic E-state index is 9.04. The quantitative estimate of drug-likeness (QED) is 0.444. The van der Waals surface area contributed by atoms with Gasteiger partial charge in [0, 0.05) is 0 Å². The van der Waals surface area contributed by atoms with Crippen LogP contribution in [0.1, 0.15) is 6.92 Å². The number of rotatable bonds is 5. The summed E-state index contributed by atoms with van der Waals surface area (Å²) in [5, 5.41) is 26.3. The van der Waals surface area contributed by atoms with Crippen LogP contribution in [0.15, 0.2) is 0 Å². The van der Waals surface area contributed by atoms with Gasteiger partial charge in [0.05, 0.1) is 19.3 Å². The third-order valence-corrected chi connectivity index (χ3v) is 1.74. The minimum atomic E-state index is -0.737. The normalized spacial score (nSPS) is 33.0. The van der Waals surface area contributed by atoms with Crippen molar-refractivity contribution in [3.8, 4) is 0 Å². The minimum Gasteiger partial charge on any atom is -0.394 e. The van der Waals surface area contributed by atoms with E-state index in [1.54, 1.807) is 0 Å². The van der Waals surface area contributed by atoms with Gasteiger partial charge in [-0.1, -0.05) is 0 Å². The SMILES string of the molecule is CC(O)C(CO)OC1O[C@H]1CO. The van der Waals surface area contributed by atoms with Gasteiger partial charge in [-0.25, -0.2) is 0 Å². The molecule has 0 radical (unpaired) electrons. The van der Waals surface area contributed by atoms with Gasteiger partial charge in [0.15, 0.2) is 6.29 Å². The largest absolute Gasteiger partial charge is 0.394 e. The highest BCUT2D eigenvalue weighted by molar-refractivity contribution is 4.78. The Morgan fingerprint density at radius 3 is 2.50 bits per heavy atom. The van der Waals surface area contributed by atoms with E-state index >= 15 is 0 Å². The molecule has 0 spiro atoms. The second-order valence-electron chi connectivity index (χ2n) is 2.82. The second kappa shape index (κ2) is 4.15. The van der Waals surface area contributed by atoms with Crippen molar-refractivity contribution in [2.24, 2.45) is 0 Å². The molecule has 3 unspecified atom stereocenters. The van der Waals surface area contributed by atoms with Gasteiger partial charge < -0.3 is 24.8 Å². The van der Waals surface area contributed by atoms with Crippen molar-refractivity contribution >= 4 is 0 Å². The summed E-state index contributed by atoms with van der Waals surface area (Å²) in [6.45, 7) is 1.18. The highest BCUT2D eigenvalue weighted by Crippen LogP contribution is 2.24. The fourth-order valence-corrected chi connectivity index (χ4v) is 0.857. The van der Waals surface area contributed by atoms with E-state index in [1.165, 1.54) is 6.92 Å². The first-order valence-corrected chi connectivity index (χ1v) is 3.89. The van der Waals surface area contributed by atoms with E-state index in [0.717, 1.165) is 0 Å². The summed E-state index contributed by atoms with van der Waals surface area (Å²) >= 11 is 0. The van der Waals surface area contributed by atoms with Crippen LogP contribution in [0.4, 0.5) is 0 Å². The van der Waals surface area contributed by atoms with Crippen molar-refractivity contribution in [3.05, 3.63) is 0 Å². The Bertz CT molecular complexity index is 138. The van der Waals surface area contributed by atoms with Gasteiger partial charge in [-0.2, -0.15) is 0 Å². The average Bonchev–Trinajstić information content (AvgIpc) is 2.78. The van der Waals surface area contributed by atoms with Crippen molar-refractivity contribution in [2.45, 2.75) is 31.5 Å². The molecule has 1 rings (SSSR count). The molecule has 12 heavy (non-hydrogen) atoms. The zero-order valence-electron chi connectivity index (χ0n) is 6.88. The lowest BCUT2D eigenvalue weighted by atomic mass is 10.2. The minimum absolute atomic E-state index is 0.0946. The molecule has 4 atom stereocenters. The molecule has 1 saturated heterocycles. The van der Waals surface area contributed by atoms with Gasteiger partial charge in [-0.05, 0) is 6.92 Å². The van der Waals surface area contributed by atoms with Crippen molar-refractivity contribution in [1.29, 1.82) is 0 Å². The van der Waals surface area contributed by atoms with E-state index < -0.39 is 18.5 Å². The molecule has 1 heterocycles. The van der Waals surface area contributed by atoms with Gasteiger partial charge in [0.2, 0.25) is 0 Å². The zero-order chi connectivity index (χ0) is 9.14. The van der Waals surface area contributed by atoms with E-state index in [-0.39, 0.29) is 19.3 Å². The third-order valence-electron chi connectivity index (χ3n) is 1.74. The Kier molecular flexibility index (Phi) is 3.42. The lowest BCUT2D eigenvalue weighted by Crippen LogP contribution is -2.31. The topological polar surface area (TPSA) is 82.5 Å². The number of aliphatic hydroxyl groups is 3. The number of aliphatic hydroxyl groups excluding tert-OH is 3. The molecular weight excluding hydrogens is 164 g/mol. The Balaban J connectivity index is 2.21. The summed E-state index contributed by atoms with van der Waals surface area (Å²) in [6, 6.07) is 0. The first-order chi connectivity index (χ1) is 5.69. The van der Waals surface area contributed by atoms with Gasteiger partial charge in [-0.3, -0.25) is 0 Å². The molecule has 0 saturated carbocycles. The van der Waals surface area contributed by atoms with Gasteiger partial charge in [-0.15, -0.1) is 0 Å². The van der Waals surface area contributed by atoms with Crippen LogP contribution in [0.2, 0.25) is 0 Å². The number of hydrogen-bond acceptors (Lipinski definition) is 5. The van der Waals surface area contributed by atoms with E-state index in [1.807, 2.05) is 0 Å². The molecular formula is C7H14O5. The fourth-order valence-electron chi connectivity index (χ4n) is 0.857. The Morgan fingerprint density at radius 2 is 2.17 bits per heavy atom. The van der Waals surface area contributed by atoms with Crippen LogP contribution in [0.5, 0.6) is 0 Å². The van der Waals surface area contributed by atoms with Gasteiger partial charge in [0.25, 0.3) is 0 Å². The molecule has 3 N–H and O–H groups in total. The number of epoxide rings is 1. The van der Waals surface area contributed by atoms with Crippen molar-refractivity contribution in [1.82, 2.24) is 0 Å². The lowest BCUT2D eigenvalue weighted by Gasteiger charge is -2.16. The van der Waals surface area contributed by atoms with Crippen molar-refractivity contribution in [3.63, 3.8) is 0 Å². The van der Waals surface area contributed by atoms with Crippen LogP contribution < -0.4 is 0 Å². The molecule has 5 heteroatoms. The van der Waals surface area contributed by atoms with E-state index in [9.17, 15) is 0 Å². The van der Waals surface area contributed by atoms with Gasteiger partial charge in [0.1, 0.15) is 12.2 Å². The standard InChI is InChI=1S/C7H14O5/c1-4(10)5(2-8)11-7-6(3-9)12-7/h4-10H,2-3H2,1H3/t4?,5?,6-,7?/m0/s1. The van der Waals surface area contributed by atoms with Crippen molar-refractivity contribution < 1.29 is 24.8 Å². The number of ether oxygens (including phenoxy) is 2. The smallest absolute Gasteiger partial charge is 0.187 e. The van der Waals surface area contributed by atoms with Crippen LogP contribution in [-0.4, -0.2) is 53.1 Å². The summed E-state index contributed by atoms with van der Waals surface area (Å²) in [5.74, 6) is 0. The van der Waals surface area contributed by atoms with Crippen LogP contribution in [0.3, 0.4) is 0 Å². The maximum Gasteiger partial charge on any atom is 0.187 e. The highest BCUT2D eigenvalue weighted by atomic mass is 16.8. The van der Waals surface area contributed by atoms with E-state index in [0.29, 0.717) is 0 Å². The molecule has 0 aromatic heterocycles. The molecule has 0 aromatic rings. The molecule has 0 aliphatic carbocycles. The van der Waals surface area contributed by atoms with Crippen LogP contribution in [0, 0.1) is 0 Å². The molecule has 1 fully saturated rings. The zero-order valence-corrected chi connectivity index (χ0v) is 6.88. The first kappa shape index (κ1) is 9.88. The first-order valence-electron chi connectivity index (χ1n) is 3.89. The van der Waals surface area contributed by atoms with Crippen LogP contribution in [-0.2, 0) is 9.47 Å². The average molecular weight is 178 g/mol. The summed E-state index contributed by atoms with van der Waals surface area (Å²) in [7, 11) is 0. The van der Waals surface area contributed by atoms with E-state index in [4.69, 9.17) is 24.8 Å². The molecule has 1 aliphatic heterocycles. The predicted octanol–water partition coefficient (Wildman–Crippen LogP) is -1.54. The maximum atomic E-state index is 9.04. The lowest BCUT2D eigenvalue weighted by molar-refractivity contribution is -0.0899. The molecule has 0 aromatic carbocycles. The number of hydrogen-bond donors (Lipinski definition) is 3.